The molecule has 2 atom stereocenters. The third-order valence-corrected chi connectivity index (χ3v) is 5.83. The van der Waals surface area contributed by atoms with E-state index in [9.17, 15) is 5.11 Å². The van der Waals surface area contributed by atoms with E-state index >= 15 is 0 Å². The van der Waals surface area contributed by atoms with Crippen molar-refractivity contribution in [3.05, 3.63) is 78.1 Å². The molecule has 0 spiro atoms. The van der Waals surface area contributed by atoms with E-state index in [2.05, 4.69) is 34.6 Å². The Hall–Kier alpha value is -2.76. The van der Waals surface area contributed by atoms with Gasteiger partial charge in [0.1, 0.15) is 0 Å². The predicted molar refractivity (Wildman–Crippen MR) is 105 cm³/mol. The summed E-state index contributed by atoms with van der Waals surface area (Å²) in [6.07, 6.45) is 3.87. The summed E-state index contributed by atoms with van der Waals surface area (Å²) in [6.45, 7) is 0. The van der Waals surface area contributed by atoms with Gasteiger partial charge in [0.15, 0.2) is 5.13 Å². The molecule has 0 radical (unpaired) electrons. The van der Waals surface area contributed by atoms with Gasteiger partial charge in [0.05, 0.1) is 22.4 Å². The van der Waals surface area contributed by atoms with Gasteiger partial charge >= 0.3 is 0 Å². The standard InChI is InChI=1S/C21H17N3OS/c25-18-11-15-3-1-2-4-16(15)20(18)24-21-23-17-6-5-14(12-19(17)26-21)13-7-9-22-10-8-13/h1-10,12,18,20,25H,11H2,(H,23,24). The predicted octanol–water partition coefficient (Wildman–Crippen LogP) is 4.43. The van der Waals surface area contributed by atoms with Gasteiger partial charge in [-0.15, -0.1) is 0 Å². The van der Waals surface area contributed by atoms with Crippen LogP contribution in [-0.2, 0) is 6.42 Å². The number of aliphatic hydroxyl groups is 1. The van der Waals surface area contributed by atoms with Crippen LogP contribution in [0.1, 0.15) is 17.2 Å². The summed E-state index contributed by atoms with van der Waals surface area (Å²) in [5.41, 5.74) is 5.64. The van der Waals surface area contributed by atoms with E-state index in [4.69, 9.17) is 4.98 Å². The fraction of sp³-hybridized carbons (Fsp3) is 0.143. The summed E-state index contributed by atoms with van der Waals surface area (Å²) in [6, 6.07) is 18.4. The van der Waals surface area contributed by atoms with Crippen LogP contribution in [0, 0.1) is 0 Å². The van der Waals surface area contributed by atoms with Gasteiger partial charge in [0.25, 0.3) is 0 Å². The number of hydrogen-bond donors (Lipinski definition) is 2. The monoisotopic (exact) mass is 359 g/mol. The van der Waals surface area contributed by atoms with Gasteiger partial charge < -0.3 is 10.4 Å². The second kappa shape index (κ2) is 6.20. The molecule has 4 aromatic rings. The van der Waals surface area contributed by atoms with Gasteiger partial charge in [-0.25, -0.2) is 4.98 Å². The zero-order valence-corrected chi connectivity index (χ0v) is 14.8. The topological polar surface area (TPSA) is 58.0 Å². The number of anilines is 1. The number of hydrogen-bond acceptors (Lipinski definition) is 5. The first-order valence-corrected chi connectivity index (χ1v) is 9.43. The van der Waals surface area contributed by atoms with Crippen LogP contribution in [0.4, 0.5) is 5.13 Å². The summed E-state index contributed by atoms with van der Waals surface area (Å²) in [7, 11) is 0. The van der Waals surface area contributed by atoms with E-state index in [1.807, 2.05) is 30.3 Å². The van der Waals surface area contributed by atoms with Crippen LogP contribution in [0.5, 0.6) is 0 Å². The molecule has 0 saturated heterocycles. The van der Waals surface area contributed by atoms with Gasteiger partial charge in [-0.3, -0.25) is 4.98 Å². The Morgan fingerprint density at radius 3 is 2.73 bits per heavy atom. The molecular weight excluding hydrogens is 342 g/mol. The number of benzene rings is 2. The second-order valence-electron chi connectivity index (χ2n) is 6.53. The minimum atomic E-state index is -0.424. The number of aliphatic hydroxyl groups excluding tert-OH is 1. The molecule has 128 valence electrons. The normalized spacial score (nSPS) is 18.8. The average molecular weight is 359 g/mol. The molecule has 2 unspecified atom stereocenters. The van der Waals surface area contributed by atoms with Crippen molar-refractivity contribution in [2.75, 3.05) is 5.32 Å². The molecule has 2 heterocycles. The molecule has 1 aliphatic carbocycles. The maximum Gasteiger partial charge on any atom is 0.184 e. The Bertz CT molecular complexity index is 1080. The van der Waals surface area contributed by atoms with Crippen molar-refractivity contribution in [3.63, 3.8) is 0 Å². The molecule has 1 aliphatic rings. The van der Waals surface area contributed by atoms with Crippen molar-refractivity contribution < 1.29 is 5.11 Å². The van der Waals surface area contributed by atoms with Crippen molar-refractivity contribution in [3.8, 4) is 11.1 Å². The molecule has 26 heavy (non-hydrogen) atoms. The average Bonchev–Trinajstić information content (AvgIpc) is 3.22. The van der Waals surface area contributed by atoms with Gasteiger partial charge in [0.2, 0.25) is 0 Å². The van der Waals surface area contributed by atoms with Gasteiger partial charge in [-0.1, -0.05) is 41.7 Å². The van der Waals surface area contributed by atoms with E-state index in [1.54, 1.807) is 23.7 Å². The molecule has 4 nitrogen and oxygen atoms in total. The Labute approximate surface area is 155 Å². The van der Waals surface area contributed by atoms with E-state index in [0.29, 0.717) is 6.42 Å². The number of pyridine rings is 1. The van der Waals surface area contributed by atoms with E-state index in [-0.39, 0.29) is 6.04 Å². The first kappa shape index (κ1) is 15.5. The van der Waals surface area contributed by atoms with Crippen LogP contribution in [0.25, 0.3) is 21.3 Å². The number of rotatable bonds is 3. The lowest BCUT2D eigenvalue weighted by Crippen LogP contribution is -2.20. The lowest BCUT2D eigenvalue weighted by Gasteiger charge is -2.16. The molecule has 0 bridgehead atoms. The first-order chi connectivity index (χ1) is 12.8. The number of fused-ring (bicyclic) bond motifs is 2. The summed E-state index contributed by atoms with van der Waals surface area (Å²) >= 11 is 1.62. The summed E-state index contributed by atoms with van der Waals surface area (Å²) in [5, 5.41) is 14.7. The minimum absolute atomic E-state index is 0.105. The van der Waals surface area contributed by atoms with Crippen LogP contribution in [0.3, 0.4) is 0 Å². The minimum Gasteiger partial charge on any atom is -0.390 e. The maximum atomic E-state index is 10.4. The SMILES string of the molecule is OC1Cc2ccccc2C1Nc1nc2ccc(-c3ccncc3)cc2s1. The molecule has 2 aromatic carbocycles. The summed E-state index contributed by atoms with van der Waals surface area (Å²) in [5.74, 6) is 0. The Balaban J connectivity index is 1.47. The van der Waals surface area contributed by atoms with Crippen molar-refractivity contribution in [2.45, 2.75) is 18.6 Å². The largest absolute Gasteiger partial charge is 0.390 e. The molecule has 2 aromatic heterocycles. The van der Waals surface area contributed by atoms with Gasteiger partial charge in [-0.05, 0) is 46.5 Å². The third-order valence-electron chi connectivity index (χ3n) is 4.89. The van der Waals surface area contributed by atoms with Gasteiger partial charge in [0, 0.05) is 18.8 Å². The van der Waals surface area contributed by atoms with Crippen LogP contribution in [0.15, 0.2) is 67.0 Å². The fourth-order valence-electron chi connectivity index (χ4n) is 3.59. The number of thiazole rings is 1. The Morgan fingerprint density at radius 2 is 1.85 bits per heavy atom. The molecule has 5 rings (SSSR count). The third kappa shape index (κ3) is 2.66. The zero-order chi connectivity index (χ0) is 17.5. The van der Waals surface area contributed by atoms with Crippen molar-refractivity contribution in [1.82, 2.24) is 9.97 Å². The highest BCUT2D eigenvalue weighted by Crippen LogP contribution is 2.37. The fourth-order valence-corrected chi connectivity index (χ4v) is 4.53. The molecule has 0 aliphatic heterocycles. The lowest BCUT2D eigenvalue weighted by molar-refractivity contribution is 0.166. The maximum absolute atomic E-state index is 10.4. The highest BCUT2D eigenvalue weighted by molar-refractivity contribution is 7.22. The molecule has 0 saturated carbocycles. The number of nitrogens with one attached hydrogen (secondary N) is 1. The second-order valence-corrected chi connectivity index (χ2v) is 7.56. The van der Waals surface area contributed by atoms with Crippen LogP contribution >= 0.6 is 11.3 Å². The van der Waals surface area contributed by atoms with Gasteiger partial charge in [-0.2, -0.15) is 0 Å². The molecular formula is C21H17N3OS. The van der Waals surface area contributed by atoms with E-state index < -0.39 is 6.10 Å². The van der Waals surface area contributed by atoms with Crippen LogP contribution < -0.4 is 5.32 Å². The molecule has 2 N–H and O–H groups in total. The smallest absolute Gasteiger partial charge is 0.184 e. The molecule has 0 amide bonds. The van der Waals surface area contributed by atoms with E-state index in [0.717, 1.165) is 32.0 Å². The van der Waals surface area contributed by atoms with E-state index in [1.165, 1.54) is 5.56 Å². The highest BCUT2D eigenvalue weighted by Gasteiger charge is 2.31. The summed E-state index contributed by atoms with van der Waals surface area (Å²) < 4.78 is 1.13. The lowest BCUT2D eigenvalue weighted by atomic mass is 10.1. The van der Waals surface area contributed by atoms with Crippen LogP contribution in [-0.4, -0.2) is 21.2 Å². The molecule has 0 fully saturated rings. The first-order valence-electron chi connectivity index (χ1n) is 8.61. The Morgan fingerprint density at radius 1 is 1.00 bits per heavy atom. The number of aromatic nitrogens is 2. The van der Waals surface area contributed by atoms with Crippen molar-refractivity contribution in [1.29, 1.82) is 0 Å². The van der Waals surface area contributed by atoms with Crippen LogP contribution in [0.2, 0.25) is 0 Å². The van der Waals surface area contributed by atoms with Crippen molar-refractivity contribution >= 4 is 26.7 Å². The summed E-state index contributed by atoms with van der Waals surface area (Å²) in [4.78, 5) is 8.78. The zero-order valence-electron chi connectivity index (χ0n) is 14.0. The number of nitrogens with zero attached hydrogens (tertiary/aromatic N) is 2. The highest BCUT2D eigenvalue weighted by atomic mass is 32.1. The van der Waals surface area contributed by atoms with Crippen molar-refractivity contribution in [2.24, 2.45) is 0 Å². The molecule has 5 heteroatoms. The quantitative estimate of drug-likeness (QED) is 0.568. The Kier molecular flexibility index (Phi) is 3.69.